The van der Waals surface area contributed by atoms with E-state index >= 15 is 0 Å². The fraction of sp³-hybridized carbons (Fsp3) is 0.217. The Morgan fingerprint density at radius 2 is 2.07 bits per heavy atom. The van der Waals surface area contributed by atoms with E-state index in [9.17, 15) is 14.9 Å². The lowest BCUT2D eigenvalue weighted by Crippen LogP contribution is -2.15. The van der Waals surface area contributed by atoms with Crippen LogP contribution in [-0.2, 0) is 14.3 Å². The van der Waals surface area contributed by atoms with E-state index in [1.54, 1.807) is 31.5 Å². The van der Waals surface area contributed by atoms with Crippen molar-refractivity contribution in [3.05, 3.63) is 66.0 Å². The van der Waals surface area contributed by atoms with Gasteiger partial charge in [0.2, 0.25) is 0 Å². The van der Waals surface area contributed by atoms with Crippen LogP contribution in [0.25, 0.3) is 22.2 Å². The summed E-state index contributed by atoms with van der Waals surface area (Å²) >= 11 is 0. The van der Waals surface area contributed by atoms with Crippen LogP contribution in [0.15, 0.2) is 54.9 Å². The number of ether oxygens (including phenoxy) is 2. The zero-order valence-electron chi connectivity index (χ0n) is 17.0. The maximum Gasteiger partial charge on any atom is 0.337 e. The minimum Gasteiger partial charge on any atom is -0.465 e. The molecule has 0 amide bonds. The number of nitriles is 1. The van der Waals surface area contributed by atoms with Crippen LogP contribution in [-0.4, -0.2) is 35.2 Å². The average molecular weight is 403 g/mol. The van der Waals surface area contributed by atoms with E-state index in [1.807, 2.05) is 29.7 Å². The Bertz CT molecular complexity index is 1190. The lowest BCUT2D eigenvalue weighted by Gasteiger charge is -2.15. The average Bonchev–Trinajstić information content (AvgIpc) is 3.14. The molecular formula is C23H21N3O4. The molecule has 0 aliphatic rings. The first kappa shape index (κ1) is 20.8. The van der Waals surface area contributed by atoms with E-state index < -0.39 is 11.9 Å². The third kappa shape index (κ3) is 4.08. The largest absolute Gasteiger partial charge is 0.465 e. The molecule has 0 saturated carbocycles. The van der Waals surface area contributed by atoms with Crippen LogP contribution in [0.5, 0.6) is 0 Å². The molecule has 1 atom stereocenters. The summed E-state index contributed by atoms with van der Waals surface area (Å²) in [5, 5.41) is 10.3. The van der Waals surface area contributed by atoms with E-state index in [4.69, 9.17) is 9.47 Å². The number of methoxy groups -OCH3 is 1. The summed E-state index contributed by atoms with van der Waals surface area (Å²) in [4.78, 5) is 27.8. The van der Waals surface area contributed by atoms with Gasteiger partial charge < -0.3 is 14.0 Å². The molecule has 152 valence electrons. The van der Waals surface area contributed by atoms with Crippen molar-refractivity contribution in [3.63, 3.8) is 0 Å². The Labute approximate surface area is 174 Å². The van der Waals surface area contributed by atoms with Gasteiger partial charge in [0.05, 0.1) is 30.0 Å². The van der Waals surface area contributed by atoms with Crippen LogP contribution in [0.3, 0.4) is 0 Å². The normalized spacial score (nSPS) is 11.5. The molecule has 7 heteroatoms. The zero-order valence-corrected chi connectivity index (χ0v) is 17.0. The van der Waals surface area contributed by atoms with E-state index in [2.05, 4.69) is 17.6 Å². The highest BCUT2D eigenvalue weighted by Crippen LogP contribution is 2.29. The van der Waals surface area contributed by atoms with Crippen molar-refractivity contribution in [2.45, 2.75) is 19.9 Å². The van der Waals surface area contributed by atoms with Crippen molar-refractivity contribution < 1.29 is 19.1 Å². The Kier molecular flexibility index (Phi) is 5.98. The van der Waals surface area contributed by atoms with E-state index in [0.29, 0.717) is 22.4 Å². The minimum atomic E-state index is -0.447. The summed E-state index contributed by atoms with van der Waals surface area (Å²) in [7, 11) is 1.32. The zero-order chi connectivity index (χ0) is 21.8. The Hall–Kier alpha value is -3.92. The van der Waals surface area contributed by atoms with E-state index in [-0.39, 0.29) is 12.6 Å². The van der Waals surface area contributed by atoms with E-state index in [1.165, 1.54) is 7.11 Å². The first-order valence-corrected chi connectivity index (χ1v) is 9.27. The third-order valence-electron chi connectivity index (χ3n) is 4.71. The Morgan fingerprint density at radius 3 is 2.73 bits per heavy atom. The number of carbonyl (C=O) groups excluding carboxylic acids is 2. The quantitative estimate of drug-likeness (QED) is 0.455. The number of rotatable bonds is 6. The molecule has 3 rings (SSSR count). The molecule has 30 heavy (non-hydrogen) atoms. The Morgan fingerprint density at radius 1 is 1.30 bits per heavy atom. The summed E-state index contributed by atoms with van der Waals surface area (Å²) in [5.74, 6) is -0.889. The monoisotopic (exact) mass is 403 g/mol. The van der Waals surface area contributed by atoms with E-state index in [0.717, 1.165) is 16.5 Å². The van der Waals surface area contributed by atoms with Gasteiger partial charge in [0.1, 0.15) is 12.7 Å². The highest BCUT2D eigenvalue weighted by atomic mass is 16.5. The molecule has 1 unspecified atom stereocenters. The highest BCUT2D eigenvalue weighted by molar-refractivity contribution is 5.93. The number of benzene rings is 1. The number of nitrogens with zero attached hydrogens (tertiary/aromatic N) is 3. The van der Waals surface area contributed by atoms with Crippen molar-refractivity contribution in [1.29, 1.82) is 5.26 Å². The maximum atomic E-state index is 11.8. The summed E-state index contributed by atoms with van der Waals surface area (Å²) in [6, 6.07) is 10.9. The lowest BCUT2D eigenvalue weighted by molar-refractivity contribution is -0.139. The first-order chi connectivity index (χ1) is 14.3. The molecule has 0 radical (unpaired) electrons. The molecule has 0 fully saturated rings. The molecule has 2 heterocycles. The smallest absolute Gasteiger partial charge is 0.337 e. The van der Waals surface area contributed by atoms with Gasteiger partial charge in [0, 0.05) is 34.4 Å². The number of esters is 2. The fourth-order valence-electron chi connectivity index (χ4n) is 3.10. The molecule has 0 aliphatic heterocycles. The molecule has 0 saturated heterocycles. The lowest BCUT2D eigenvalue weighted by atomic mass is 10.1. The van der Waals surface area contributed by atoms with Crippen LogP contribution >= 0.6 is 0 Å². The summed E-state index contributed by atoms with van der Waals surface area (Å²) in [6.07, 6.45) is 3.28. The second kappa shape index (κ2) is 8.62. The predicted molar refractivity (Wildman–Crippen MR) is 112 cm³/mol. The molecule has 0 N–H and O–H groups in total. The maximum absolute atomic E-state index is 11.8. The van der Waals surface area contributed by atoms with Crippen LogP contribution in [0.1, 0.15) is 35.8 Å². The molecule has 0 bridgehead atoms. The van der Waals surface area contributed by atoms with Crippen molar-refractivity contribution in [2.24, 2.45) is 0 Å². The summed E-state index contributed by atoms with van der Waals surface area (Å²) in [5.41, 5.74) is 3.42. The predicted octanol–water partition coefficient (Wildman–Crippen LogP) is 4.04. The SMILES string of the molecule is C=C(C)C(=O)OCC(C)n1cc(C#N)c2cc(-c3cc(C(=O)OC)ccn3)ccc21. The van der Waals surface area contributed by atoms with Gasteiger partial charge in [-0.3, -0.25) is 4.98 Å². The number of hydrogen-bond acceptors (Lipinski definition) is 6. The van der Waals surface area contributed by atoms with Crippen LogP contribution in [0.2, 0.25) is 0 Å². The standard InChI is InChI=1S/C23H21N3O4/c1-14(2)22(27)30-13-15(3)26-12-18(11-24)19-9-16(5-6-21(19)26)20-10-17(7-8-25-20)23(28)29-4/h5-10,12,15H,1,13H2,2-4H3. The van der Waals surface area contributed by atoms with Crippen LogP contribution in [0.4, 0.5) is 0 Å². The number of aromatic nitrogens is 2. The van der Waals surface area contributed by atoms with Gasteiger partial charge in [-0.05, 0) is 38.1 Å². The van der Waals surface area contributed by atoms with Gasteiger partial charge >= 0.3 is 11.9 Å². The van der Waals surface area contributed by atoms with Gasteiger partial charge in [-0.2, -0.15) is 5.26 Å². The second-order valence-electron chi connectivity index (χ2n) is 6.94. The van der Waals surface area contributed by atoms with Crippen molar-refractivity contribution in [3.8, 4) is 17.3 Å². The van der Waals surface area contributed by atoms with Gasteiger partial charge in [-0.15, -0.1) is 0 Å². The molecule has 0 aliphatic carbocycles. The highest BCUT2D eigenvalue weighted by Gasteiger charge is 2.16. The van der Waals surface area contributed by atoms with Crippen LogP contribution < -0.4 is 0 Å². The minimum absolute atomic E-state index is 0.158. The van der Waals surface area contributed by atoms with Crippen molar-refractivity contribution in [2.75, 3.05) is 13.7 Å². The van der Waals surface area contributed by atoms with Gasteiger partial charge in [-0.25, -0.2) is 9.59 Å². The van der Waals surface area contributed by atoms with Gasteiger partial charge in [-0.1, -0.05) is 12.6 Å². The molecule has 3 aromatic rings. The van der Waals surface area contributed by atoms with Gasteiger partial charge in [0.15, 0.2) is 0 Å². The van der Waals surface area contributed by atoms with Crippen molar-refractivity contribution >= 4 is 22.8 Å². The first-order valence-electron chi connectivity index (χ1n) is 9.27. The third-order valence-corrected chi connectivity index (χ3v) is 4.71. The molecule has 0 spiro atoms. The van der Waals surface area contributed by atoms with Crippen LogP contribution in [0, 0.1) is 11.3 Å². The molecule has 2 aromatic heterocycles. The molecule has 7 nitrogen and oxygen atoms in total. The number of fused-ring (bicyclic) bond motifs is 1. The van der Waals surface area contributed by atoms with Gasteiger partial charge in [0.25, 0.3) is 0 Å². The number of pyridine rings is 1. The number of hydrogen-bond donors (Lipinski definition) is 0. The summed E-state index contributed by atoms with van der Waals surface area (Å²) < 4.78 is 11.9. The molecular weight excluding hydrogens is 382 g/mol. The summed E-state index contributed by atoms with van der Waals surface area (Å²) in [6.45, 7) is 7.23. The fourth-order valence-corrected chi connectivity index (χ4v) is 3.10. The Balaban J connectivity index is 1.98. The topological polar surface area (TPSA) is 94.2 Å². The number of carbonyl (C=O) groups is 2. The van der Waals surface area contributed by atoms with Crippen molar-refractivity contribution in [1.82, 2.24) is 9.55 Å². The second-order valence-corrected chi connectivity index (χ2v) is 6.94. The molecule has 1 aromatic carbocycles.